The van der Waals surface area contributed by atoms with E-state index in [1.165, 1.54) is 35.1 Å². The maximum Gasteiger partial charge on any atom is 0.356 e. The van der Waals surface area contributed by atoms with Crippen LogP contribution in [0.1, 0.15) is 16.2 Å². The van der Waals surface area contributed by atoms with Gasteiger partial charge in [-0.1, -0.05) is 11.6 Å². The van der Waals surface area contributed by atoms with Gasteiger partial charge in [-0.05, 0) is 0 Å². The Kier molecular flexibility index (Phi) is 5.12. The second-order valence-electron chi connectivity index (χ2n) is 4.99. The number of fused-ring (bicyclic) bond motifs is 1. The van der Waals surface area contributed by atoms with Crippen molar-refractivity contribution in [1.82, 2.24) is 19.6 Å². The molecule has 8 nitrogen and oxygen atoms in total. The lowest BCUT2D eigenvalue weighted by Gasteiger charge is -2.11. The lowest BCUT2D eigenvalue weighted by Crippen LogP contribution is -2.10. The molecule has 0 radical (unpaired) electrons. The molecule has 3 aromatic heterocycles. The quantitative estimate of drug-likeness (QED) is 0.668. The van der Waals surface area contributed by atoms with Crippen LogP contribution in [0.25, 0.3) is 5.65 Å². The summed E-state index contributed by atoms with van der Waals surface area (Å²) in [7, 11) is 0. The SMILES string of the molecule is O=C(O)c1cc2nc(OCc3ncc(Cl)cc3OCC(F)F)ccn2n1. The molecule has 0 aromatic carbocycles. The van der Waals surface area contributed by atoms with E-state index in [0.29, 0.717) is 0 Å². The Labute approximate surface area is 150 Å². The Morgan fingerprint density at radius 2 is 2.15 bits per heavy atom. The Hall–Kier alpha value is -3.01. The summed E-state index contributed by atoms with van der Waals surface area (Å²) in [6.45, 7) is -0.911. The van der Waals surface area contributed by atoms with Crippen LogP contribution in [0.15, 0.2) is 30.6 Å². The van der Waals surface area contributed by atoms with Gasteiger partial charge in [-0.25, -0.2) is 18.1 Å². The van der Waals surface area contributed by atoms with Crippen molar-refractivity contribution in [2.75, 3.05) is 6.61 Å². The molecule has 3 rings (SSSR count). The van der Waals surface area contributed by atoms with Crippen LogP contribution in [0, 0.1) is 0 Å². The highest BCUT2D eigenvalue weighted by atomic mass is 35.5. The summed E-state index contributed by atoms with van der Waals surface area (Å²) in [5.41, 5.74) is 0.381. The van der Waals surface area contributed by atoms with Crippen molar-refractivity contribution in [2.24, 2.45) is 0 Å². The number of halogens is 3. The molecule has 11 heteroatoms. The van der Waals surface area contributed by atoms with Crippen LogP contribution in [-0.4, -0.2) is 43.7 Å². The average molecular weight is 385 g/mol. The van der Waals surface area contributed by atoms with E-state index in [-0.39, 0.29) is 40.3 Å². The maximum atomic E-state index is 12.3. The van der Waals surface area contributed by atoms with E-state index in [9.17, 15) is 13.6 Å². The highest BCUT2D eigenvalue weighted by Crippen LogP contribution is 2.23. The third-order valence-electron chi connectivity index (χ3n) is 3.14. The maximum absolute atomic E-state index is 12.3. The normalized spacial score (nSPS) is 11.1. The highest BCUT2D eigenvalue weighted by Gasteiger charge is 2.13. The van der Waals surface area contributed by atoms with Crippen LogP contribution in [0.5, 0.6) is 11.6 Å². The molecule has 26 heavy (non-hydrogen) atoms. The monoisotopic (exact) mass is 384 g/mol. The smallest absolute Gasteiger partial charge is 0.356 e. The van der Waals surface area contributed by atoms with Crippen LogP contribution in [0.3, 0.4) is 0 Å². The van der Waals surface area contributed by atoms with Gasteiger partial charge in [0.05, 0.1) is 5.02 Å². The fourth-order valence-corrected chi connectivity index (χ4v) is 2.17. The van der Waals surface area contributed by atoms with Crippen molar-refractivity contribution in [3.63, 3.8) is 0 Å². The molecule has 0 fully saturated rings. The molecule has 0 aliphatic rings. The average Bonchev–Trinajstić information content (AvgIpc) is 3.02. The second-order valence-corrected chi connectivity index (χ2v) is 5.43. The van der Waals surface area contributed by atoms with Crippen molar-refractivity contribution in [3.05, 3.63) is 47.0 Å². The van der Waals surface area contributed by atoms with E-state index in [0.717, 1.165) is 0 Å². The third kappa shape index (κ3) is 4.14. The molecule has 0 amide bonds. The first kappa shape index (κ1) is 17.8. The van der Waals surface area contributed by atoms with Crippen molar-refractivity contribution in [3.8, 4) is 11.6 Å². The molecule has 0 unspecified atom stereocenters. The molecule has 0 spiro atoms. The largest absolute Gasteiger partial charge is 0.486 e. The van der Waals surface area contributed by atoms with Crippen LogP contribution in [-0.2, 0) is 6.61 Å². The van der Waals surface area contributed by atoms with Crippen LogP contribution >= 0.6 is 11.6 Å². The zero-order valence-electron chi connectivity index (χ0n) is 13.0. The molecule has 136 valence electrons. The molecule has 3 heterocycles. The molecule has 0 aliphatic heterocycles. The number of hydrogen-bond donors (Lipinski definition) is 1. The number of rotatable bonds is 7. The molecule has 0 atom stereocenters. The highest BCUT2D eigenvalue weighted by molar-refractivity contribution is 6.30. The lowest BCUT2D eigenvalue weighted by molar-refractivity contribution is 0.0690. The van der Waals surface area contributed by atoms with Gasteiger partial charge < -0.3 is 14.6 Å². The van der Waals surface area contributed by atoms with E-state index in [1.54, 1.807) is 0 Å². The Bertz CT molecular complexity index is 951. The molecular formula is C15H11ClF2N4O4. The number of carboxylic acid groups (broad SMARTS) is 1. The van der Waals surface area contributed by atoms with Gasteiger partial charge in [0.15, 0.2) is 11.3 Å². The number of carbonyl (C=O) groups is 1. The number of alkyl halides is 2. The Balaban J connectivity index is 1.76. The van der Waals surface area contributed by atoms with Gasteiger partial charge in [0.2, 0.25) is 5.88 Å². The zero-order valence-corrected chi connectivity index (χ0v) is 13.7. The summed E-state index contributed by atoms with van der Waals surface area (Å²) in [4.78, 5) is 19.0. The van der Waals surface area contributed by atoms with Gasteiger partial charge in [-0.15, -0.1) is 0 Å². The van der Waals surface area contributed by atoms with Crippen LogP contribution < -0.4 is 9.47 Å². The fourth-order valence-electron chi connectivity index (χ4n) is 2.02. The summed E-state index contributed by atoms with van der Waals surface area (Å²) in [6.07, 6.45) is 0.174. The standard InChI is InChI=1S/C15H11ClF2N4O4/c16-8-3-11(25-7-12(17)18)10(19-5-8)6-26-14-1-2-22-13(20-14)4-9(21-22)15(23)24/h1-5,12H,6-7H2,(H,23,24). The minimum atomic E-state index is -2.64. The van der Waals surface area contributed by atoms with Gasteiger partial charge in [-0.2, -0.15) is 10.1 Å². The van der Waals surface area contributed by atoms with Crippen molar-refractivity contribution >= 4 is 23.2 Å². The molecule has 1 N–H and O–H groups in total. The summed E-state index contributed by atoms with van der Waals surface area (Å²) in [5, 5.41) is 13.0. The summed E-state index contributed by atoms with van der Waals surface area (Å²) in [6, 6.07) is 4.12. The van der Waals surface area contributed by atoms with Gasteiger partial charge >= 0.3 is 5.97 Å². The van der Waals surface area contributed by atoms with Crippen molar-refractivity contribution in [2.45, 2.75) is 13.0 Å². The first-order chi connectivity index (χ1) is 12.4. The van der Waals surface area contributed by atoms with Gasteiger partial charge in [0.1, 0.15) is 24.7 Å². The first-order valence-corrected chi connectivity index (χ1v) is 7.58. The number of hydrogen-bond acceptors (Lipinski definition) is 6. The molecule has 0 saturated heterocycles. The molecule has 0 aliphatic carbocycles. The predicted molar refractivity (Wildman–Crippen MR) is 85.0 cm³/mol. The van der Waals surface area contributed by atoms with Crippen LogP contribution in [0.4, 0.5) is 8.78 Å². The zero-order chi connectivity index (χ0) is 18.7. The molecule has 0 bridgehead atoms. The lowest BCUT2D eigenvalue weighted by atomic mass is 10.3. The minimum absolute atomic E-state index is 0.0800. The minimum Gasteiger partial charge on any atom is -0.486 e. The van der Waals surface area contributed by atoms with Gasteiger partial charge in [-0.3, -0.25) is 4.98 Å². The fraction of sp³-hybridized carbons (Fsp3) is 0.200. The van der Waals surface area contributed by atoms with E-state index >= 15 is 0 Å². The number of carboxylic acids is 1. The molecular weight excluding hydrogens is 374 g/mol. The van der Waals surface area contributed by atoms with E-state index in [4.69, 9.17) is 26.2 Å². The number of ether oxygens (including phenoxy) is 2. The van der Waals surface area contributed by atoms with Crippen molar-refractivity contribution < 1.29 is 28.2 Å². The summed E-state index contributed by atoms with van der Waals surface area (Å²) in [5.74, 6) is -0.925. The number of nitrogens with zero attached hydrogens (tertiary/aromatic N) is 4. The first-order valence-electron chi connectivity index (χ1n) is 7.20. The summed E-state index contributed by atoms with van der Waals surface area (Å²) < 4.78 is 36.4. The number of aromatic carboxylic acids is 1. The Morgan fingerprint density at radius 3 is 2.88 bits per heavy atom. The molecule has 0 saturated carbocycles. The third-order valence-corrected chi connectivity index (χ3v) is 3.34. The van der Waals surface area contributed by atoms with E-state index in [1.807, 2.05) is 0 Å². The topological polar surface area (TPSA) is 98.8 Å². The Morgan fingerprint density at radius 1 is 1.35 bits per heavy atom. The second kappa shape index (κ2) is 7.48. The summed E-state index contributed by atoms with van der Waals surface area (Å²) >= 11 is 5.80. The van der Waals surface area contributed by atoms with Gasteiger partial charge in [0.25, 0.3) is 6.43 Å². The van der Waals surface area contributed by atoms with E-state index in [2.05, 4.69) is 15.1 Å². The van der Waals surface area contributed by atoms with Gasteiger partial charge in [0, 0.05) is 30.6 Å². The van der Waals surface area contributed by atoms with Crippen LogP contribution in [0.2, 0.25) is 5.02 Å². The number of pyridine rings is 1. The predicted octanol–water partition coefficient (Wildman–Crippen LogP) is 2.70. The number of aromatic nitrogens is 4. The molecule has 3 aromatic rings. The van der Waals surface area contributed by atoms with E-state index < -0.39 is 19.0 Å². The van der Waals surface area contributed by atoms with Crippen molar-refractivity contribution in [1.29, 1.82) is 0 Å².